The molecule has 7 nitrogen and oxygen atoms in total. The van der Waals surface area contributed by atoms with Gasteiger partial charge in [-0.1, -0.05) is 0 Å². The standard InChI is InChI=1S/C7H15NO6/c1-8-6-4(10)5(11)7(12,13)3(2-9)14-6/h3-6,8-13H,2H2,1H3. The first-order valence-corrected chi connectivity index (χ1v) is 4.19. The molecule has 0 aromatic carbocycles. The van der Waals surface area contributed by atoms with Crippen molar-refractivity contribution in [2.24, 2.45) is 0 Å². The molecule has 0 amide bonds. The third-order valence-electron chi connectivity index (χ3n) is 2.30. The number of aliphatic hydroxyl groups excluding tert-OH is 3. The molecule has 0 bridgehead atoms. The van der Waals surface area contributed by atoms with Crippen molar-refractivity contribution >= 4 is 0 Å². The van der Waals surface area contributed by atoms with Crippen molar-refractivity contribution < 1.29 is 30.3 Å². The molecule has 1 saturated heterocycles. The maximum absolute atomic E-state index is 9.35. The van der Waals surface area contributed by atoms with E-state index in [0.717, 1.165) is 0 Å². The summed E-state index contributed by atoms with van der Waals surface area (Å²) in [6, 6.07) is 0. The Bertz CT molecular complexity index is 195. The molecular weight excluding hydrogens is 194 g/mol. The van der Waals surface area contributed by atoms with E-state index in [1.807, 2.05) is 0 Å². The van der Waals surface area contributed by atoms with Crippen LogP contribution in [0.3, 0.4) is 0 Å². The summed E-state index contributed by atoms with van der Waals surface area (Å²) in [5.41, 5.74) is 0. The number of ether oxygens (including phenoxy) is 1. The molecule has 7 heteroatoms. The predicted molar refractivity (Wildman–Crippen MR) is 44.0 cm³/mol. The molecule has 0 radical (unpaired) electrons. The second-order valence-corrected chi connectivity index (χ2v) is 3.24. The Hall–Kier alpha value is -0.280. The van der Waals surface area contributed by atoms with E-state index in [1.54, 1.807) is 0 Å². The summed E-state index contributed by atoms with van der Waals surface area (Å²) in [6.45, 7) is -0.672. The van der Waals surface area contributed by atoms with Gasteiger partial charge in [-0.05, 0) is 7.05 Å². The monoisotopic (exact) mass is 209 g/mol. The first-order chi connectivity index (χ1) is 6.45. The fourth-order valence-electron chi connectivity index (χ4n) is 1.38. The third-order valence-corrected chi connectivity index (χ3v) is 2.30. The molecular formula is C7H15NO6. The zero-order valence-electron chi connectivity index (χ0n) is 7.66. The Morgan fingerprint density at radius 1 is 1.36 bits per heavy atom. The number of hydrogen-bond acceptors (Lipinski definition) is 7. The lowest BCUT2D eigenvalue weighted by molar-refractivity contribution is -0.355. The number of nitrogens with one attached hydrogen (secondary N) is 1. The second kappa shape index (κ2) is 4.07. The molecule has 0 aromatic heterocycles. The van der Waals surface area contributed by atoms with Crippen molar-refractivity contribution in [3.63, 3.8) is 0 Å². The highest BCUT2D eigenvalue weighted by Gasteiger charge is 2.53. The zero-order valence-corrected chi connectivity index (χ0v) is 7.66. The van der Waals surface area contributed by atoms with Crippen molar-refractivity contribution in [2.45, 2.75) is 30.3 Å². The summed E-state index contributed by atoms with van der Waals surface area (Å²) in [7, 11) is 1.47. The predicted octanol–water partition coefficient (Wildman–Crippen LogP) is -3.67. The highest BCUT2D eigenvalue weighted by Crippen LogP contribution is 2.26. The minimum atomic E-state index is -2.65. The van der Waals surface area contributed by atoms with Gasteiger partial charge in [0, 0.05) is 0 Å². The van der Waals surface area contributed by atoms with Gasteiger partial charge in [0.05, 0.1) is 6.61 Å². The lowest BCUT2D eigenvalue weighted by Crippen LogP contribution is -2.69. The Balaban J connectivity index is 2.83. The van der Waals surface area contributed by atoms with E-state index in [0.29, 0.717) is 0 Å². The molecule has 6 N–H and O–H groups in total. The summed E-state index contributed by atoms with van der Waals surface area (Å²) >= 11 is 0. The summed E-state index contributed by atoms with van der Waals surface area (Å²) in [6.07, 6.45) is -5.59. The summed E-state index contributed by atoms with van der Waals surface area (Å²) in [5, 5.41) is 48.6. The molecule has 4 atom stereocenters. The lowest BCUT2D eigenvalue weighted by atomic mass is 9.94. The van der Waals surface area contributed by atoms with Crippen molar-refractivity contribution in [1.82, 2.24) is 5.32 Å². The number of aliphatic hydroxyl groups is 5. The molecule has 1 rings (SSSR count). The van der Waals surface area contributed by atoms with Gasteiger partial charge in [0.25, 0.3) is 0 Å². The molecule has 0 saturated carbocycles. The SMILES string of the molecule is CNC1OC(CO)C(O)(O)C(O)C1O. The van der Waals surface area contributed by atoms with Gasteiger partial charge in [0.15, 0.2) is 0 Å². The fraction of sp³-hybridized carbons (Fsp3) is 1.00. The molecule has 1 fully saturated rings. The van der Waals surface area contributed by atoms with Crippen LogP contribution in [0.25, 0.3) is 0 Å². The van der Waals surface area contributed by atoms with Crippen molar-refractivity contribution in [2.75, 3.05) is 13.7 Å². The van der Waals surface area contributed by atoms with Gasteiger partial charge < -0.3 is 30.3 Å². The molecule has 14 heavy (non-hydrogen) atoms. The van der Waals surface area contributed by atoms with E-state index in [2.05, 4.69) is 5.32 Å². The normalized spacial score (nSPS) is 42.4. The third kappa shape index (κ3) is 1.75. The highest BCUT2D eigenvalue weighted by molar-refractivity contribution is 4.95. The molecule has 1 aliphatic rings. The minimum absolute atomic E-state index is 0.672. The molecule has 1 aliphatic heterocycles. The Labute approximate surface area is 80.6 Å². The minimum Gasteiger partial charge on any atom is -0.393 e. The van der Waals surface area contributed by atoms with E-state index in [1.165, 1.54) is 7.05 Å². The van der Waals surface area contributed by atoms with Gasteiger partial charge in [-0.2, -0.15) is 0 Å². The zero-order chi connectivity index (χ0) is 10.9. The number of hydrogen-bond donors (Lipinski definition) is 6. The summed E-state index contributed by atoms with van der Waals surface area (Å²) < 4.78 is 4.91. The second-order valence-electron chi connectivity index (χ2n) is 3.24. The Kier molecular flexibility index (Phi) is 3.43. The molecule has 4 unspecified atom stereocenters. The maximum atomic E-state index is 9.35. The summed E-state index contributed by atoms with van der Waals surface area (Å²) in [4.78, 5) is 0. The smallest absolute Gasteiger partial charge is 0.221 e. The van der Waals surface area contributed by atoms with Gasteiger partial charge in [0.2, 0.25) is 5.79 Å². The average Bonchev–Trinajstić information content (AvgIpc) is 2.15. The van der Waals surface area contributed by atoms with Crippen LogP contribution in [-0.4, -0.2) is 69.5 Å². The van der Waals surface area contributed by atoms with E-state index in [9.17, 15) is 20.4 Å². The largest absolute Gasteiger partial charge is 0.393 e. The van der Waals surface area contributed by atoms with E-state index >= 15 is 0 Å². The maximum Gasteiger partial charge on any atom is 0.221 e. The molecule has 0 aromatic rings. The topological polar surface area (TPSA) is 122 Å². The average molecular weight is 209 g/mol. The number of likely N-dealkylation sites (N-methyl/N-ethyl adjacent to an activating group) is 1. The van der Waals surface area contributed by atoms with Crippen LogP contribution >= 0.6 is 0 Å². The quantitative estimate of drug-likeness (QED) is 0.259. The van der Waals surface area contributed by atoms with E-state index < -0.39 is 36.9 Å². The van der Waals surface area contributed by atoms with Crippen LogP contribution in [0.2, 0.25) is 0 Å². The van der Waals surface area contributed by atoms with Crippen molar-refractivity contribution in [1.29, 1.82) is 0 Å². The Morgan fingerprint density at radius 3 is 2.36 bits per heavy atom. The van der Waals surface area contributed by atoms with Crippen LogP contribution in [0.15, 0.2) is 0 Å². The van der Waals surface area contributed by atoms with Crippen LogP contribution < -0.4 is 5.32 Å². The van der Waals surface area contributed by atoms with Crippen LogP contribution in [0, 0.1) is 0 Å². The fourth-order valence-corrected chi connectivity index (χ4v) is 1.38. The number of rotatable bonds is 2. The van der Waals surface area contributed by atoms with Crippen LogP contribution in [-0.2, 0) is 4.74 Å². The molecule has 84 valence electrons. The lowest BCUT2D eigenvalue weighted by Gasteiger charge is -2.44. The molecule has 0 aliphatic carbocycles. The van der Waals surface area contributed by atoms with Crippen molar-refractivity contribution in [3.05, 3.63) is 0 Å². The van der Waals surface area contributed by atoms with Gasteiger partial charge in [-0.15, -0.1) is 0 Å². The van der Waals surface area contributed by atoms with Crippen LogP contribution in [0.5, 0.6) is 0 Å². The molecule has 1 heterocycles. The van der Waals surface area contributed by atoms with E-state index in [4.69, 9.17) is 9.84 Å². The van der Waals surface area contributed by atoms with E-state index in [-0.39, 0.29) is 0 Å². The van der Waals surface area contributed by atoms with Crippen LogP contribution in [0.1, 0.15) is 0 Å². The van der Waals surface area contributed by atoms with Gasteiger partial charge in [-0.25, -0.2) is 0 Å². The first kappa shape index (κ1) is 11.8. The summed E-state index contributed by atoms with van der Waals surface area (Å²) in [5.74, 6) is -2.65. The van der Waals surface area contributed by atoms with Gasteiger partial charge in [-0.3, -0.25) is 5.32 Å². The van der Waals surface area contributed by atoms with Crippen LogP contribution in [0.4, 0.5) is 0 Å². The molecule has 0 spiro atoms. The van der Waals surface area contributed by atoms with Crippen molar-refractivity contribution in [3.8, 4) is 0 Å². The first-order valence-electron chi connectivity index (χ1n) is 4.19. The Morgan fingerprint density at radius 2 is 1.93 bits per heavy atom. The van der Waals surface area contributed by atoms with Gasteiger partial charge in [0.1, 0.15) is 24.5 Å². The highest BCUT2D eigenvalue weighted by atomic mass is 16.6. The van der Waals surface area contributed by atoms with Gasteiger partial charge >= 0.3 is 0 Å².